The third-order valence-electron chi connectivity index (χ3n) is 3.82. The number of methoxy groups -OCH3 is 1. The number of hydrogen-bond donors (Lipinski definition) is 2. The van der Waals surface area contributed by atoms with Gasteiger partial charge in [0.25, 0.3) is 0 Å². The average molecular weight is 462 g/mol. The third kappa shape index (κ3) is 9.30. The van der Waals surface area contributed by atoms with Gasteiger partial charge in [0.1, 0.15) is 5.75 Å². The van der Waals surface area contributed by atoms with Crippen molar-refractivity contribution in [2.24, 2.45) is 10.4 Å². The van der Waals surface area contributed by atoms with Crippen molar-refractivity contribution in [1.82, 2.24) is 15.5 Å². The fourth-order valence-electron chi connectivity index (χ4n) is 2.87. The van der Waals surface area contributed by atoms with E-state index in [9.17, 15) is 0 Å². The zero-order valence-corrected chi connectivity index (χ0v) is 19.1. The lowest BCUT2D eigenvalue weighted by molar-refractivity contribution is 0.241. The van der Waals surface area contributed by atoms with Crippen LogP contribution in [0.4, 0.5) is 0 Å². The second-order valence-corrected chi connectivity index (χ2v) is 7.32. The molecule has 5 nitrogen and oxygen atoms in total. The molecule has 144 valence electrons. The molecule has 1 aromatic rings. The van der Waals surface area contributed by atoms with Gasteiger partial charge in [-0.1, -0.05) is 31.5 Å². The van der Waals surface area contributed by atoms with Crippen molar-refractivity contribution in [2.45, 2.75) is 27.2 Å². The molecule has 0 aliphatic rings. The van der Waals surface area contributed by atoms with Crippen molar-refractivity contribution in [3.63, 3.8) is 0 Å². The molecule has 2 N–H and O–H groups in total. The first-order valence-electron chi connectivity index (χ1n) is 8.50. The second kappa shape index (κ2) is 11.6. The molecule has 0 heterocycles. The van der Waals surface area contributed by atoms with Crippen LogP contribution < -0.4 is 15.4 Å². The normalized spacial score (nSPS) is 11.9. The highest BCUT2D eigenvalue weighted by atomic mass is 127. The van der Waals surface area contributed by atoms with E-state index in [4.69, 9.17) is 4.74 Å². The highest BCUT2D eigenvalue weighted by Gasteiger charge is 2.19. The molecule has 0 amide bonds. The van der Waals surface area contributed by atoms with Gasteiger partial charge < -0.3 is 20.3 Å². The summed E-state index contributed by atoms with van der Waals surface area (Å²) in [5.74, 6) is 1.78. The summed E-state index contributed by atoms with van der Waals surface area (Å²) in [6.45, 7) is 9.32. The summed E-state index contributed by atoms with van der Waals surface area (Å²) in [5.41, 5.74) is 2.65. The van der Waals surface area contributed by atoms with Crippen molar-refractivity contribution in [3.05, 3.63) is 29.3 Å². The topological polar surface area (TPSA) is 48.9 Å². The lowest BCUT2D eigenvalue weighted by Crippen LogP contribution is -2.45. The first kappa shape index (κ1) is 24.0. The van der Waals surface area contributed by atoms with Gasteiger partial charge in [0.05, 0.1) is 7.11 Å². The molecular weight excluding hydrogens is 427 g/mol. The Hall–Kier alpha value is -1.02. The molecule has 0 bridgehead atoms. The number of aryl methyl sites for hydroxylation is 1. The van der Waals surface area contributed by atoms with Gasteiger partial charge in [0.15, 0.2) is 5.96 Å². The quantitative estimate of drug-likeness (QED) is 0.355. The molecule has 0 saturated carbocycles. The smallest absolute Gasteiger partial charge is 0.191 e. The van der Waals surface area contributed by atoms with Crippen molar-refractivity contribution in [2.75, 3.05) is 47.9 Å². The Balaban J connectivity index is 0.00000576. The Morgan fingerprint density at radius 2 is 1.92 bits per heavy atom. The zero-order valence-electron chi connectivity index (χ0n) is 16.8. The molecule has 0 radical (unpaired) electrons. The molecule has 0 fully saturated rings. The lowest BCUT2D eigenvalue weighted by Gasteiger charge is -2.29. The van der Waals surface area contributed by atoms with Crippen molar-refractivity contribution < 1.29 is 4.74 Å². The van der Waals surface area contributed by atoms with Crippen molar-refractivity contribution in [1.29, 1.82) is 0 Å². The molecule has 0 spiro atoms. The lowest BCUT2D eigenvalue weighted by atomic mass is 9.93. The molecular formula is C19H35IN4O. The Labute approximate surface area is 170 Å². The third-order valence-corrected chi connectivity index (χ3v) is 3.82. The van der Waals surface area contributed by atoms with Gasteiger partial charge in [-0.05, 0) is 44.5 Å². The van der Waals surface area contributed by atoms with E-state index in [-0.39, 0.29) is 29.4 Å². The van der Waals surface area contributed by atoms with E-state index in [0.717, 1.165) is 37.8 Å². The summed E-state index contributed by atoms with van der Waals surface area (Å²) in [5, 5.41) is 6.81. The van der Waals surface area contributed by atoms with Crippen LogP contribution in [-0.4, -0.2) is 58.7 Å². The highest BCUT2D eigenvalue weighted by Crippen LogP contribution is 2.19. The van der Waals surface area contributed by atoms with Gasteiger partial charge in [-0.2, -0.15) is 0 Å². The monoisotopic (exact) mass is 462 g/mol. The maximum Gasteiger partial charge on any atom is 0.191 e. The van der Waals surface area contributed by atoms with Crippen molar-refractivity contribution in [3.8, 4) is 5.75 Å². The summed E-state index contributed by atoms with van der Waals surface area (Å²) in [4.78, 5) is 6.52. The van der Waals surface area contributed by atoms with Crippen LogP contribution in [0.15, 0.2) is 23.2 Å². The number of aliphatic imine (C=N–C) groups is 1. The van der Waals surface area contributed by atoms with Gasteiger partial charge in [0.2, 0.25) is 0 Å². The summed E-state index contributed by atoms with van der Waals surface area (Å²) in [6, 6.07) is 6.28. The number of benzene rings is 1. The van der Waals surface area contributed by atoms with Crippen LogP contribution in [0.1, 0.15) is 25.0 Å². The van der Waals surface area contributed by atoms with Crippen LogP contribution in [0.2, 0.25) is 0 Å². The van der Waals surface area contributed by atoms with Crippen LogP contribution in [0, 0.1) is 12.3 Å². The van der Waals surface area contributed by atoms with E-state index in [1.54, 1.807) is 7.11 Å². The van der Waals surface area contributed by atoms with Crippen LogP contribution >= 0.6 is 24.0 Å². The summed E-state index contributed by atoms with van der Waals surface area (Å²) in [7, 11) is 7.73. The van der Waals surface area contributed by atoms with E-state index in [1.165, 1.54) is 11.1 Å². The van der Waals surface area contributed by atoms with E-state index >= 15 is 0 Å². The predicted octanol–water partition coefficient (Wildman–Crippen LogP) is 2.92. The number of halogens is 1. The zero-order chi connectivity index (χ0) is 18.2. The number of ether oxygens (including phenoxy) is 1. The van der Waals surface area contributed by atoms with Gasteiger partial charge in [-0.3, -0.25) is 4.99 Å². The number of hydrogen-bond acceptors (Lipinski definition) is 3. The van der Waals surface area contributed by atoms with Gasteiger partial charge in [0, 0.05) is 26.7 Å². The molecule has 1 rings (SSSR count). The molecule has 0 aliphatic carbocycles. The van der Waals surface area contributed by atoms with Crippen LogP contribution in [0.25, 0.3) is 0 Å². The second-order valence-electron chi connectivity index (χ2n) is 7.32. The largest absolute Gasteiger partial charge is 0.496 e. The molecule has 0 aromatic heterocycles. The standard InChI is InChI=1S/C19H34N4O.HI/c1-15-8-9-17(24-7)16(12-15)10-11-21-18(20-4)22-13-19(2,3)14-23(5)6;/h8-9,12H,10-11,13-14H2,1-7H3,(H2,20,21,22);1H. The van der Waals surface area contributed by atoms with Crippen LogP contribution in [0.3, 0.4) is 0 Å². The number of nitrogens with zero attached hydrogens (tertiary/aromatic N) is 2. The molecule has 25 heavy (non-hydrogen) atoms. The number of guanidine groups is 1. The van der Waals surface area contributed by atoms with Gasteiger partial charge >= 0.3 is 0 Å². The van der Waals surface area contributed by atoms with Gasteiger partial charge in [-0.15, -0.1) is 24.0 Å². The van der Waals surface area contributed by atoms with Crippen LogP contribution in [0.5, 0.6) is 5.75 Å². The molecule has 0 aliphatic heterocycles. The van der Waals surface area contributed by atoms with Crippen molar-refractivity contribution >= 4 is 29.9 Å². The number of rotatable bonds is 8. The molecule has 0 saturated heterocycles. The van der Waals surface area contributed by atoms with Crippen LogP contribution in [-0.2, 0) is 6.42 Å². The first-order valence-corrected chi connectivity index (χ1v) is 8.50. The van der Waals surface area contributed by atoms with E-state index in [0.29, 0.717) is 0 Å². The van der Waals surface area contributed by atoms with Gasteiger partial charge in [-0.25, -0.2) is 0 Å². The fraction of sp³-hybridized carbons (Fsp3) is 0.632. The first-order chi connectivity index (χ1) is 11.3. The molecule has 6 heteroatoms. The molecule has 0 atom stereocenters. The molecule has 1 aromatic carbocycles. The minimum absolute atomic E-state index is 0. The number of nitrogens with one attached hydrogen (secondary N) is 2. The summed E-state index contributed by atoms with van der Waals surface area (Å²) < 4.78 is 5.44. The fourth-order valence-corrected chi connectivity index (χ4v) is 2.87. The summed E-state index contributed by atoms with van der Waals surface area (Å²) >= 11 is 0. The Bertz CT molecular complexity index is 544. The van der Waals surface area contributed by atoms with E-state index < -0.39 is 0 Å². The van der Waals surface area contributed by atoms with E-state index in [2.05, 4.69) is 67.5 Å². The maximum absolute atomic E-state index is 5.44. The van der Waals surface area contributed by atoms with E-state index in [1.807, 2.05) is 13.1 Å². The Kier molecular flexibility index (Phi) is 11.1. The highest BCUT2D eigenvalue weighted by molar-refractivity contribution is 14.0. The molecule has 0 unspecified atom stereocenters. The SMILES string of the molecule is CN=C(NCCc1cc(C)ccc1OC)NCC(C)(C)CN(C)C.I. The summed E-state index contributed by atoms with van der Waals surface area (Å²) in [6.07, 6.45) is 0.895. The average Bonchev–Trinajstić information content (AvgIpc) is 2.49. The maximum atomic E-state index is 5.44. The predicted molar refractivity (Wildman–Crippen MR) is 119 cm³/mol. The Morgan fingerprint density at radius 1 is 1.24 bits per heavy atom. The Morgan fingerprint density at radius 3 is 2.48 bits per heavy atom. The minimum Gasteiger partial charge on any atom is -0.496 e. The minimum atomic E-state index is 0.